The third kappa shape index (κ3) is 3.84. The largest absolute Gasteiger partial charge is 0.314 e. The molecule has 96 valence electrons. The van der Waals surface area contributed by atoms with Crippen molar-refractivity contribution < 1.29 is 0 Å². The Balaban J connectivity index is 1.84. The number of nitrogens with one attached hydrogen (secondary N) is 1. The number of halogens is 1. The molecule has 0 spiro atoms. The number of hydrogen-bond donors (Lipinski definition) is 1. The van der Waals surface area contributed by atoms with Gasteiger partial charge in [0.25, 0.3) is 0 Å². The zero-order valence-corrected chi connectivity index (χ0v) is 12.3. The van der Waals surface area contributed by atoms with Gasteiger partial charge in [0.15, 0.2) is 0 Å². The van der Waals surface area contributed by atoms with E-state index in [-0.39, 0.29) is 0 Å². The van der Waals surface area contributed by atoms with Crippen LogP contribution in [0.3, 0.4) is 0 Å². The van der Waals surface area contributed by atoms with Crippen molar-refractivity contribution in [2.75, 3.05) is 26.2 Å². The van der Waals surface area contributed by atoms with Gasteiger partial charge in [-0.3, -0.25) is 4.90 Å². The Morgan fingerprint density at radius 2 is 2.22 bits per heavy atom. The molecule has 2 nitrogen and oxygen atoms in total. The van der Waals surface area contributed by atoms with E-state index in [0.29, 0.717) is 6.04 Å². The second-order valence-corrected chi connectivity index (χ2v) is 5.50. The van der Waals surface area contributed by atoms with Crippen LogP contribution in [0.4, 0.5) is 0 Å². The lowest BCUT2D eigenvalue weighted by Gasteiger charge is -2.32. The Kier molecular flexibility index (Phi) is 5.25. The highest BCUT2D eigenvalue weighted by atomic mass is 79.9. The molecule has 0 aromatic heterocycles. The van der Waals surface area contributed by atoms with Crippen LogP contribution in [0.15, 0.2) is 28.7 Å². The molecule has 1 atom stereocenters. The number of benzene rings is 1. The van der Waals surface area contributed by atoms with Crippen LogP contribution >= 0.6 is 15.9 Å². The monoisotopic (exact) mass is 306 g/mol. The Morgan fingerprint density at radius 3 is 3.00 bits per heavy atom. The topological polar surface area (TPSA) is 15.3 Å². The fraction of sp³-hybridized carbons (Fsp3) is 0.467. The fourth-order valence-electron chi connectivity index (χ4n) is 2.07. The summed E-state index contributed by atoms with van der Waals surface area (Å²) in [6.07, 6.45) is 0.821. The molecule has 1 aliphatic rings. The molecule has 0 saturated carbocycles. The minimum atomic E-state index is 0.594. The van der Waals surface area contributed by atoms with Crippen molar-refractivity contribution in [3.63, 3.8) is 0 Å². The van der Waals surface area contributed by atoms with Crippen LogP contribution in [0.5, 0.6) is 0 Å². The van der Waals surface area contributed by atoms with Gasteiger partial charge < -0.3 is 5.32 Å². The summed E-state index contributed by atoms with van der Waals surface area (Å²) in [6, 6.07) is 8.86. The molecule has 1 aliphatic heterocycles. The van der Waals surface area contributed by atoms with E-state index in [1.54, 1.807) is 0 Å². The van der Waals surface area contributed by atoms with Gasteiger partial charge in [-0.2, -0.15) is 0 Å². The van der Waals surface area contributed by atoms with E-state index in [2.05, 4.69) is 63.1 Å². The van der Waals surface area contributed by atoms with Crippen molar-refractivity contribution in [1.82, 2.24) is 10.2 Å². The highest BCUT2D eigenvalue weighted by Crippen LogP contribution is 2.15. The lowest BCUT2D eigenvalue weighted by atomic mass is 10.1. The Morgan fingerprint density at radius 1 is 1.39 bits per heavy atom. The normalized spacial score (nSPS) is 20.2. The van der Waals surface area contributed by atoms with E-state index in [9.17, 15) is 0 Å². The summed E-state index contributed by atoms with van der Waals surface area (Å²) in [4.78, 5) is 2.43. The zero-order valence-electron chi connectivity index (χ0n) is 10.7. The van der Waals surface area contributed by atoms with E-state index in [1.165, 1.54) is 5.56 Å². The quantitative estimate of drug-likeness (QED) is 0.844. The van der Waals surface area contributed by atoms with Gasteiger partial charge in [0.05, 0.1) is 6.54 Å². The van der Waals surface area contributed by atoms with Crippen LogP contribution in [0.25, 0.3) is 0 Å². The molecule has 1 saturated heterocycles. The minimum absolute atomic E-state index is 0.594. The van der Waals surface area contributed by atoms with Crippen molar-refractivity contribution in [3.8, 4) is 11.8 Å². The summed E-state index contributed by atoms with van der Waals surface area (Å²) in [5.41, 5.74) is 1.26. The van der Waals surface area contributed by atoms with Crippen LogP contribution in [-0.4, -0.2) is 37.1 Å². The molecule has 1 N–H and O–H groups in total. The van der Waals surface area contributed by atoms with E-state index in [4.69, 9.17) is 0 Å². The van der Waals surface area contributed by atoms with Crippen LogP contribution in [0.2, 0.25) is 0 Å². The molecule has 1 heterocycles. The summed E-state index contributed by atoms with van der Waals surface area (Å²) < 4.78 is 1.15. The molecule has 0 amide bonds. The van der Waals surface area contributed by atoms with Gasteiger partial charge >= 0.3 is 0 Å². The van der Waals surface area contributed by atoms with Gasteiger partial charge in [-0.1, -0.05) is 46.0 Å². The van der Waals surface area contributed by atoms with Gasteiger partial charge in [-0.05, 0) is 18.6 Å². The molecule has 0 aliphatic carbocycles. The van der Waals surface area contributed by atoms with Crippen molar-refractivity contribution in [1.29, 1.82) is 0 Å². The van der Waals surface area contributed by atoms with Gasteiger partial charge in [0.2, 0.25) is 0 Å². The van der Waals surface area contributed by atoms with Gasteiger partial charge in [-0.15, -0.1) is 0 Å². The highest BCUT2D eigenvalue weighted by molar-refractivity contribution is 9.10. The third-order valence-corrected chi connectivity index (χ3v) is 4.06. The average Bonchev–Trinajstić information content (AvgIpc) is 2.38. The number of nitrogens with zero attached hydrogens (tertiary/aromatic N) is 1. The Labute approximate surface area is 118 Å². The Hall–Kier alpha value is -0.820. The number of hydrogen-bond acceptors (Lipinski definition) is 2. The van der Waals surface area contributed by atoms with Crippen molar-refractivity contribution in [3.05, 3.63) is 34.3 Å². The maximum Gasteiger partial charge on any atom is 0.0604 e. The van der Waals surface area contributed by atoms with E-state index < -0.39 is 0 Å². The molecule has 1 fully saturated rings. The molecule has 2 rings (SSSR count). The molecular formula is C15H19BrN2. The van der Waals surface area contributed by atoms with Crippen LogP contribution < -0.4 is 5.32 Å². The van der Waals surface area contributed by atoms with Crippen molar-refractivity contribution in [2.45, 2.75) is 19.4 Å². The predicted octanol–water partition coefficient (Wildman–Crippen LogP) is 2.29. The molecule has 1 aromatic rings. The molecule has 0 bridgehead atoms. The second-order valence-electron chi connectivity index (χ2n) is 4.65. The van der Waals surface area contributed by atoms with Gasteiger partial charge in [0.1, 0.15) is 0 Å². The highest BCUT2D eigenvalue weighted by Gasteiger charge is 2.15. The summed E-state index contributed by atoms with van der Waals surface area (Å²) >= 11 is 3.55. The summed E-state index contributed by atoms with van der Waals surface area (Å²) in [5.74, 6) is 6.56. The first-order valence-electron chi connectivity index (χ1n) is 6.41. The second kappa shape index (κ2) is 6.94. The molecule has 0 radical (unpaired) electrons. The molecule has 1 aromatic carbocycles. The van der Waals surface area contributed by atoms with E-state index >= 15 is 0 Å². The van der Waals surface area contributed by atoms with Gasteiger partial charge in [0, 0.05) is 36.6 Å². The summed E-state index contributed by atoms with van der Waals surface area (Å²) in [5, 5.41) is 3.39. The first kappa shape index (κ1) is 13.6. The molecular weight excluding hydrogens is 288 g/mol. The molecule has 18 heavy (non-hydrogen) atoms. The molecule has 3 heteroatoms. The van der Waals surface area contributed by atoms with Crippen molar-refractivity contribution >= 4 is 15.9 Å². The van der Waals surface area contributed by atoms with Crippen molar-refractivity contribution in [2.24, 2.45) is 0 Å². The van der Waals surface area contributed by atoms with Crippen LogP contribution in [0, 0.1) is 11.8 Å². The average molecular weight is 307 g/mol. The minimum Gasteiger partial charge on any atom is -0.314 e. The van der Waals surface area contributed by atoms with Gasteiger partial charge in [-0.25, -0.2) is 0 Å². The maximum absolute atomic E-state index is 3.55. The zero-order chi connectivity index (χ0) is 12.8. The lowest BCUT2D eigenvalue weighted by Crippen LogP contribution is -2.49. The first-order chi connectivity index (χ1) is 8.77. The standard InChI is InChI=1S/C15H19BrN2/c1-13-12-17-9-11-18(13)10-5-4-7-14-6-2-3-8-15(14)16/h2-3,6,8,13,17H,7,9-12H2,1H3. The summed E-state index contributed by atoms with van der Waals surface area (Å²) in [7, 11) is 0. The predicted molar refractivity (Wildman–Crippen MR) is 79.5 cm³/mol. The molecule has 1 unspecified atom stereocenters. The number of piperazine rings is 1. The van der Waals surface area contributed by atoms with E-state index in [0.717, 1.165) is 37.1 Å². The fourth-order valence-corrected chi connectivity index (χ4v) is 2.50. The number of rotatable bonds is 2. The first-order valence-corrected chi connectivity index (χ1v) is 7.20. The third-order valence-electron chi connectivity index (χ3n) is 3.28. The Bertz CT molecular complexity index is 447. The SMILES string of the molecule is CC1CNCCN1CC#CCc1ccccc1Br. The maximum atomic E-state index is 3.55. The summed E-state index contributed by atoms with van der Waals surface area (Å²) in [6.45, 7) is 6.39. The van der Waals surface area contributed by atoms with Crippen LogP contribution in [0.1, 0.15) is 12.5 Å². The van der Waals surface area contributed by atoms with E-state index in [1.807, 2.05) is 6.07 Å². The smallest absolute Gasteiger partial charge is 0.0604 e. The lowest BCUT2D eigenvalue weighted by molar-refractivity contribution is 0.196. The van der Waals surface area contributed by atoms with Crippen LogP contribution in [-0.2, 0) is 6.42 Å².